The van der Waals surface area contributed by atoms with Crippen molar-refractivity contribution >= 4 is 15.8 Å². The maximum absolute atomic E-state index is 12.5. The van der Waals surface area contributed by atoms with Crippen LogP contribution in [0.25, 0.3) is 0 Å². The summed E-state index contributed by atoms with van der Waals surface area (Å²) in [7, 11) is -4.04. The van der Waals surface area contributed by atoms with Crippen molar-refractivity contribution in [2.45, 2.75) is 43.5 Å². The molecule has 3 rings (SSSR count). The van der Waals surface area contributed by atoms with E-state index < -0.39 is 34.0 Å². The van der Waals surface area contributed by atoms with Crippen LogP contribution in [0.4, 0.5) is 5.69 Å². The summed E-state index contributed by atoms with van der Waals surface area (Å²) in [5.74, 6) is 0. The molecule has 0 saturated carbocycles. The third kappa shape index (κ3) is 5.60. The van der Waals surface area contributed by atoms with Gasteiger partial charge in [-0.05, 0) is 44.4 Å². The van der Waals surface area contributed by atoms with Gasteiger partial charge in [0.25, 0.3) is 15.8 Å². The van der Waals surface area contributed by atoms with Crippen molar-refractivity contribution in [3.05, 3.63) is 69.8 Å². The molecule has 2 aromatic carbocycles. The summed E-state index contributed by atoms with van der Waals surface area (Å²) in [5, 5.41) is 11.4. The number of para-hydroxylation sites is 1. The lowest BCUT2D eigenvalue weighted by Gasteiger charge is -2.27. The third-order valence-electron chi connectivity index (χ3n) is 4.62. The van der Waals surface area contributed by atoms with E-state index in [1.807, 2.05) is 6.92 Å². The van der Waals surface area contributed by atoms with Gasteiger partial charge in [-0.3, -0.25) is 14.3 Å². The van der Waals surface area contributed by atoms with E-state index in [-0.39, 0.29) is 16.1 Å². The monoisotopic (exact) mass is 421 g/mol. The highest BCUT2D eigenvalue weighted by Gasteiger charge is 2.29. The fraction of sp³-hybridized carbons (Fsp3) is 0.400. The van der Waals surface area contributed by atoms with Crippen molar-refractivity contribution in [3.63, 3.8) is 0 Å². The number of hydrogen-bond donors (Lipinski definition) is 0. The molecule has 1 aliphatic rings. The molecule has 1 fully saturated rings. The molecule has 1 aliphatic heterocycles. The average Bonchev–Trinajstić information content (AvgIpc) is 2.72. The first-order chi connectivity index (χ1) is 13.9. The number of aryl methyl sites for hydroxylation is 1. The molecule has 0 aromatic heterocycles. The van der Waals surface area contributed by atoms with Crippen LogP contribution in [-0.4, -0.2) is 32.8 Å². The van der Waals surface area contributed by atoms with Gasteiger partial charge in [0, 0.05) is 12.7 Å². The minimum Gasteiger partial charge on any atom is -0.353 e. The van der Waals surface area contributed by atoms with E-state index in [1.165, 1.54) is 24.3 Å². The van der Waals surface area contributed by atoms with Crippen molar-refractivity contribution in [1.82, 2.24) is 0 Å². The number of nitrogens with zero attached hydrogens (tertiary/aromatic N) is 1. The molecule has 0 aliphatic carbocycles. The molecule has 1 heterocycles. The van der Waals surface area contributed by atoms with Crippen LogP contribution in [-0.2, 0) is 23.8 Å². The van der Waals surface area contributed by atoms with Crippen molar-refractivity contribution in [3.8, 4) is 0 Å². The van der Waals surface area contributed by atoms with Crippen molar-refractivity contribution < 1.29 is 27.0 Å². The molecule has 9 heteroatoms. The Morgan fingerprint density at radius 3 is 2.55 bits per heavy atom. The standard InChI is InChI=1S/C20H23NO7S/c1-15-9-11-16(12-10-15)29(24,25)27-14-19(28-20-8-4-5-13-26-20)17-6-2-3-7-18(17)21(22)23/h2-3,6-7,9-12,19-20H,4-5,8,13-14H2,1H3. The molecule has 0 N–H and O–H groups in total. The molecule has 2 aromatic rings. The van der Waals surface area contributed by atoms with E-state index in [0.717, 1.165) is 18.4 Å². The molecule has 2 unspecified atom stereocenters. The Bertz CT molecular complexity index is 938. The maximum atomic E-state index is 12.5. The highest BCUT2D eigenvalue weighted by Crippen LogP contribution is 2.31. The van der Waals surface area contributed by atoms with Gasteiger partial charge in [-0.1, -0.05) is 29.8 Å². The smallest absolute Gasteiger partial charge is 0.297 e. The van der Waals surface area contributed by atoms with Crippen LogP contribution in [0.5, 0.6) is 0 Å². The van der Waals surface area contributed by atoms with Crippen LogP contribution in [0.1, 0.15) is 36.5 Å². The maximum Gasteiger partial charge on any atom is 0.297 e. The Labute approximate surface area is 169 Å². The number of ether oxygens (including phenoxy) is 2. The SMILES string of the molecule is Cc1ccc(S(=O)(=O)OCC(OC2CCCCO2)c2ccccc2[N+](=O)[O-])cc1. The van der Waals surface area contributed by atoms with E-state index >= 15 is 0 Å². The van der Waals surface area contributed by atoms with Gasteiger partial charge in [0.05, 0.1) is 22.0 Å². The first-order valence-electron chi connectivity index (χ1n) is 9.33. The van der Waals surface area contributed by atoms with Crippen molar-refractivity contribution in [1.29, 1.82) is 0 Å². The Balaban J connectivity index is 1.83. The zero-order chi connectivity index (χ0) is 20.9. The van der Waals surface area contributed by atoms with Crippen LogP contribution in [0.15, 0.2) is 53.4 Å². The highest BCUT2D eigenvalue weighted by molar-refractivity contribution is 7.86. The van der Waals surface area contributed by atoms with E-state index in [9.17, 15) is 18.5 Å². The Kier molecular flexibility index (Phi) is 6.96. The number of nitro groups is 1. The molecule has 0 radical (unpaired) electrons. The molecular formula is C20H23NO7S. The number of hydrogen-bond acceptors (Lipinski definition) is 7. The van der Waals surface area contributed by atoms with E-state index in [2.05, 4.69) is 0 Å². The van der Waals surface area contributed by atoms with Gasteiger partial charge in [-0.25, -0.2) is 0 Å². The zero-order valence-electron chi connectivity index (χ0n) is 16.0. The summed E-state index contributed by atoms with van der Waals surface area (Å²) < 4.78 is 41.8. The summed E-state index contributed by atoms with van der Waals surface area (Å²) in [6.45, 7) is 1.97. The second kappa shape index (κ2) is 9.45. The summed E-state index contributed by atoms with van der Waals surface area (Å²) in [4.78, 5) is 10.9. The largest absolute Gasteiger partial charge is 0.353 e. The second-order valence-electron chi connectivity index (χ2n) is 6.79. The van der Waals surface area contributed by atoms with Gasteiger partial charge < -0.3 is 9.47 Å². The number of rotatable bonds is 8. The first-order valence-corrected chi connectivity index (χ1v) is 10.7. The first kappa shape index (κ1) is 21.4. The van der Waals surface area contributed by atoms with Gasteiger partial charge in [0.2, 0.25) is 0 Å². The predicted octanol–water partition coefficient (Wildman–Crippen LogP) is 3.89. The normalized spacial score (nSPS) is 18.3. The Morgan fingerprint density at radius 2 is 1.90 bits per heavy atom. The molecular weight excluding hydrogens is 398 g/mol. The minimum absolute atomic E-state index is 0.0123. The topological polar surface area (TPSA) is 105 Å². The molecule has 1 saturated heterocycles. The van der Waals surface area contributed by atoms with E-state index in [4.69, 9.17) is 13.7 Å². The van der Waals surface area contributed by atoms with Gasteiger partial charge in [-0.15, -0.1) is 0 Å². The van der Waals surface area contributed by atoms with Crippen molar-refractivity contribution in [2.24, 2.45) is 0 Å². The molecule has 0 bridgehead atoms. The van der Waals surface area contributed by atoms with Crippen LogP contribution >= 0.6 is 0 Å². The highest BCUT2D eigenvalue weighted by atomic mass is 32.2. The molecule has 0 amide bonds. The van der Waals surface area contributed by atoms with Gasteiger partial charge in [0.15, 0.2) is 6.29 Å². The molecule has 29 heavy (non-hydrogen) atoms. The second-order valence-corrected chi connectivity index (χ2v) is 8.40. The summed E-state index contributed by atoms with van der Waals surface area (Å²) >= 11 is 0. The quantitative estimate of drug-likeness (QED) is 0.362. The van der Waals surface area contributed by atoms with Crippen molar-refractivity contribution in [2.75, 3.05) is 13.2 Å². The fourth-order valence-electron chi connectivity index (χ4n) is 3.05. The predicted molar refractivity (Wildman–Crippen MR) is 105 cm³/mol. The van der Waals surface area contributed by atoms with Crippen LogP contribution in [0.3, 0.4) is 0 Å². The zero-order valence-corrected chi connectivity index (χ0v) is 16.8. The lowest BCUT2D eigenvalue weighted by Crippen LogP contribution is -2.27. The molecule has 8 nitrogen and oxygen atoms in total. The Hall–Kier alpha value is -2.33. The van der Waals surface area contributed by atoms with Gasteiger partial charge in [0.1, 0.15) is 6.10 Å². The summed E-state index contributed by atoms with van der Waals surface area (Å²) in [6, 6.07) is 12.3. The van der Waals surface area contributed by atoms with Crippen LogP contribution in [0, 0.1) is 17.0 Å². The van der Waals surface area contributed by atoms with Gasteiger partial charge >= 0.3 is 0 Å². The number of nitro benzene ring substituents is 1. The van der Waals surface area contributed by atoms with Crippen LogP contribution in [0.2, 0.25) is 0 Å². The lowest BCUT2D eigenvalue weighted by molar-refractivity contribution is -0.386. The summed E-state index contributed by atoms with van der Waals surface area (Å²) in [6.07, 6.45) is 0.895. The Morgan fingerprint density at radius 1 is 1.17 bits per heavy atom. The van der Waals surface area contributed by atoms with E-state index in [0.29, 0.717) is 13.0 Å². The van der Waals surface area contributed by atoms with Gasteiger partial charge in [-0.2, -0.15) is 8.42 Å². The molecule has 2 atom stereocenters. The molecule has 0 spiro atoms. The number of benzene rings is 2. The lowest BCUT2D eigenvalue weighted by atomic mass is 10.1. The minimum atomic E-state index is -4.04. The summed E-state index contributed by atoms with van der Waals surface area (Å²) in [5.41, 5.74) is 0.995. The third-order valence-corrected chi connectivity index (χ3v) is 5.91. The molecule has 156 valence electrons. The van der Waals surface area contributed by atoms with Crippen LogP contribution < -0.4 is 0 Å². The van der Waals surface area contributed by atoms with E-state index in [1.54, 1.807) is 24.3 Å². The fourth-order valence-corrected chi connectivity index (χ4v) is 3.96. The average molecular weight is 421 g/mol.